The highest BCUT2D eigenvalue weighted by atomic mass is 32.2. The zero-order valence-corrected chi connectivity index (χ0v) is 20.2. The van der Waals surface area contributed by atoms with Crippen molar-refractivity contribution in [1.82, 2.24) is 4.31 Å². The largest absolute Gasteiger partial charge is 0.453 e. The number of anilines is 2. The molecule has 0 saturated carbocycles. The Morgan fingerprint density at radius 3 is 2.12 bits per heavy atom. The molecule has 8 nitrogen and oxygen atoms in total. The number of nitrogens with zero attached hydrogens (tertiary/aromatic N) is 1. The maximum atomic E-state index is 13.1. The van der Waals surface area contributed by atoms with Crippen LogP contribution in [0, 0.1) is 5.92 Å². The van der Waals surface area contributed by atoms with Gasteiger partial charge in [0.15, 0.2) is 0 Å². The number of carbonyl (C=O) groups excluding carboxylic acids is 2. The second-order valence-corrected chi connectivity index (χ2v) is 11.1. The Hall–Kier alpha value is -2.91. The molecule has 178 valence electrons. The topological polar surface area (TPSA) is 105 Å². The normalized spacial score (nSPS) is 17.3. The number of hydrogen-bond acceptors (Lipinski definition) is 5. The van der Waals surface area contributed by atoms with E-state index in [2.05, 4.69) is 36.1 Å². The number of amides is 2. The van der Waals surface area contributed by atoms with Crippen LogP contribution in [0.5, 0.6) is 0 Å². The molecule has 1 aliphatic rings. The van der Waals surface area contributed by atoms with Crippen molar-refractivity contribution in [2.45, 2.75) is 43.9 Å². The van der Waals surface area contributed by atoms with Crippen molar-refractivity contribution in [1.29, 1.82) is 0 Å². The second-order valence-electron chi connectivity index (χ2n) is 9.16. The first-order valence-corrected chi connectivity index (χ1v) is 12.3. The zero-order chi connectivity index (χ0) is 24.2. The third-order valence-corrected chi connectivity index (χ3v) is 7.58. The first kappa shape index (κ1) is 24.7. The molecule has 9 heteroatoms. The van der Waals surface area contributed by atoms with Crippen LogP contribution in [0.15, 0.2) is 53.4 Å². The molecule has 2 aromatic carbocycles. The molecule has 1 heterocycles. The van der Waals surface area contributed by atoms with Crippen LogP contribution in [-0.2, 0) is 25.0 Å². The Kier molecular flexibility index (Phi) is 7.44. The van der Waals surface area contributed by atoms with Gasteiger partial charge in [0.25, 0.3) is 0 Å². The van der Waals surface area contributed by atoms with Crippen molar-refractivity contribution in [3.63, 3.8) is 0 Å². The summed E-state index contributed by atoms with van der Waals surface area (Å²) in [5, 5.41) is 5.40. The molecular formula is C24H31N3O5S. The van der Waals surface area contributed by atoms with E-state index in [1.54, 1.807) is 0 Å². The Morgan fingerprint density at radius 1 is 0.970 bits per heavy atom. The number of rotatable bonds is 5. The molecule has 0 spiro atoms. The number of methoxy groups -OCH3 is 1. The van der Waals surface area contributed by atoms with E-state index in [1.165, 1.54) is 41.2 Å². The molecule has 2 aromatic rings. The average molecular weight is 474 g/mol. The lowest BCUT2D eigenvalue weighted by atomic mass is 9.87. The number of hydrogen-bond donors (Lipinski definition) is 2. The van der Waals surface area contributed by atoms with Gasteiger partial charge in [-0.15, -0.1) is 0 Å². The third kappa shape index (κ3) is 6.11. The Labute approximate surface area is 195 Å². The maximum Gasteiger partial charge on any atom is 0.411 e. The molecule has 2 amide bonds. The minimum atomic E-state index is -3.76. The van der Waals surface area contributed by atoms with Gasteiger partial charge in [-0.1, -0.05) is 32.9 Å². The third-order valence-electron chi connectivity index (χ3n) is 5.70. The monoisotopic (exact) mass is 473 g/mol. The molecule has 1 aliphatic heterocycles. The summed E-state index contributed by atoms with van der Waals surface area (Å²) in [5.74, 6) is -0.618. The maximum absolute atomic E-state index is 13.1. The summed E-state index contributed by atoms with van der Waals surface area (Å²) in [6.07, 6.45) is 0.589. The summed E-state index contributed by atoms with van der Waals surface area (Å²) in [6, 6.07) is 13.6. The molecule has 0 aromatic heterocycles. The number of carbonyl (C=O) groups is 2. The Morgan fingerprint density at radius 2 is 1.55 bits per heavy atom. The molecule has 0 aliphatic carbocycles. The summed E-state index contributed by atoms with van der Waals surface area (Å²) in [4.78, 5) is 24.3. The highest BCUT2D eigenvalue weighted by Crippen LogP contribution is 2.27. The molecule has 2 N–H and O–H groups in total. The van der Waals surface area contributed by atoms with Crippen LogP contribution < -0.4 is 10.6 Å². The van der Waals surface area contributed by atoms with Crippen molar-refractivity contribution in [2.24, 2.45) is 5.92 Å². The molecule has 1 fully saturated rings. The van der Waals surface area contributed by atoms with Crippen LogP contribution in [0.3, 0.4) is 0 Å². The molecule has 0 unspecified atom stereocenters. The Bertz CT molecular complexity index is 1090. The van der Waals surface area contributed by atoms with E-state index in [4.69, 9.17) is 0 Å². The summed E-state index contributed by atoms with van der Waals surface area (Å²) in [6.45, 7) is 6.85. The van der Waals surface area contributed by atoms with Crippen LogP contribution >= 0.6 is 0 Å². The van der Waals surface area contributed by atoms with Gasteiger partial charge < -0.3 is 10.1 Å². The molecule has 1 atom stereocenters. The lowest BCUT2D eigenvalue weighted by Crippen LogP contribution is -2.43. The molecule has 0 bridgehead atoms. The van der Waals surface area contributed by atoms with Crippen molar-refractivity contribution in [3.05, 3.63) is 54.1 Å². The molecule has 1 saturated heterocycles. The van der Waals surface area contributed by atoms with Crippen molar-refractivity contribution >= 4 is 33.4 Å². The number of ether oxygens (including phenoxy) is 1. The van der Waals surface area contributed by atoms with E-state index in [1.807, 2.05) is 24.3 Å². The summed E-state index contributed by atoms with van der Waals surface area (Å²) < 4.78 is 32.1. The average Bonchev–Trinajstić information content (AvgIpc) is 2.79. The first-order chi connectivity index (χ1) is 15.5. The van der Waals surface area contributed by atoms with Gasteiger partial charge in [0.1, 0.15) is 0 Å². The SMILES string of the molecule is COC(=O)Nc1ccc(S(=O)(=O)N2CCC[C@H](C(=O)Nc3ccc(C(C)(C)C)cc3)C2)cc1. The van der Waals surface area contributed by atoms with Crippen molar-refractivity contribution < 1.29 is 22.7 Å². The first-order valence-electron chi connectivity index (χ1n) is 10.9. The summed E-state index contributed by atoms with van der Waals surface area (Å²) in [5.41, 5.74) is 2.31. The van der Waals surface area contributed by atoms with Gasteiger partial charge >= 0.3 is 6.09 Å². The second kappa shape index (κ2) is 9.93. The number of sulfonamides is 1. The quantitative estimate of drug-likeness (QED) is 0.677. The molecule has 0 radical (unpaired) electrons. The van der Waals surface area contributed by atoms with E-state index < -0.39 is 22.0 Å². The molecule has 33 heavy (non-hydrogen) atoms. The van der Waals surface area contributed by atoms with E-state index in [9.17, 15) is 18.0 Å². The van der Waals surface area contributed by atoms with Gasteiger partial charge in [0.05, 0.1) is 17.9 Å². The number of benzene rings is 2. The molecular weight excluding hydrogens is 442 g/mol. The van der Waals surface area contributed by atoms with Gasteiger partial charge in [-0.25, -0.2) is 13.2 Å². The predicted octanol–water partition coefficient (Wildman–Crippen LogP) is 4.20. The van der Waals surface area contributed by atoms with Crippen LogP contribution in [0.4, 0.5) is 16.2 Å². The fraction of sp³-hybridized carbons (Fsp3) is 0.417. The van der Waals surface area contributed by atoms with E-state index in [-0.39, 0.29) is 22.8 Å². The minimum absolute atomic E-state index is 0.0222. The summed E-state index contributed by atoms with van der Waals surface area (Å²) in [7, 11) is -2.52. The van der Waals surface area contributed by atoms with E-state index >= 15 is 0 Å². The van der Waals surface area contributed by atoms with Crippen molar-refractivity contribution in [2.75, 3.05) is 30.8 Å². The summed E-state index contributed by atoms with van der Waals surface area (Å²) >= 11 is 0. The van der Waals surface area contributed by atoms with Crippen LogP contribution in [0.1, 0.15) is 39.2 Å². The van der Waals surface area contributed by atoms with Gasteiger partial charge in [-0.05, 0) is 60.2 Å². The molecule has 3 rings (SSSR count). The van der Waals surface area contributed by atoms with Gasteiger partial charge in [-0.2, -0.15) is 4.31 Å². The lowest BCUT2D eigenvalue weighted by Gasteiger charge is -2.31. The minimum Gasteiger partial charge on any atom is -0.453 e. The van der Waals surface area contributed by atoms with Crippen LogP contribution in [-0.4, -0.2) is 44.9 Å². The number of piperidine rings is 1. The van der Waals surface area contributed by atoms with Crippen LogP contribution in [0.25, 0.3) is 0 Å². The number of nitrogens with one attached hydrogen (secondary N) is 2. The highest BCUT2D eigenvalue weighted by molar-refractivity contribution is 7.89. The predicted molar refractivity (Wildman–Crippen MR) is 128 cm³/mol. The van der Waals surface area contributed by atoms with Crippen molar-refractivity contribution in [3.8, 4) is 0 Å². The van der Waals surface area contributed by atoms with E-state index in [0.29, 0.717) is 30.8 Å². The Balaban J connectivity index is 1.66. The van der Waals surface area contributed by atoms with E-state index in [0.717, 1.165) is 0 Å². The highest BCUT2D eigenvalue weighted by Gasteiger charge is 2.33. The van der Waals surface area contributed by atoms with Gasteiger partial charge in [-0.3, -0.25) is 10.1 Å². The van der Waals surface area contributed by atoms with Gasteiger partial charge in [0.2, 0.25) is 15.9 Å². The fourth-order valence-electron chi connectivity index (χ4n) is 3.70. The van der Waals surface area contributed by atoms with Crippen LogP contribution in [0.2, 0.25) is 0 Å². The fourth-order valence-corrected chi connectivity index (χ4v) is 5.22. The standard InChI is InChI=1S/C24H31N3O5S/c1-24(2,3)18-7-9-19(10-8-18)25-22(28)17-6-5-15-27(16-17)33(30,31)21-13-11-20(12-14-21)26-23(29)32-4/h7-14,17H,5-6,15-16H2,1-4H3,(H,25,28)(H,26,29)/t17-/m0/s1. The zero-order valence-electron chi connectivity index (χ0n) is 19.4. The smallest absolute Gasteiger partial charge is 0.411 e. The van der Waals surface area contributed by atoms with Gasteiger partial charge in [0, 0.05) is 24.5 Å². The lowest BCUT2D eigenvalue weighted by molar-refractivity contribution is -0.120.